The molecule has 1 saturated carbocycles. The smallest absolute Gasteiger partial charge is 0.175 e. The van der Waals surface area contributed by atoms with E-state index in [0.29, 0.717) is 11.7 Å². The second kappa shape index (κ2) is 4.91. The SMILES string of the molecule is O=C(c1ccc(-c2cc(Br)ccc2Br)s1)C1CC1. The largest absolute Gasteiger partial charge is 0.293 e. The number of halogens is 2. The number of ketones is 1. The molecule has 1 heterocycles. The molecule has 0 bridgehead atoms. The van der Waals surface area contributed by atoms with E-state index in [1.807, 2.05) is 24.3 Å². The highest BCUT2D eigenvalue weighted by molar-refractivity contribution is 9.11. The number of benzene rings is 1. The fourth-order valence-corrected chi connectivity index (χ4v) is 3.86. The maximum atomic E-state index is 12.0. The highest BCUT2D eigenvalue weighted by Gasteiger charge is 2.31. The molecular weight excluding hydrogens is 376 g/mol. The van der Waals surface area contributed by atoms with Gasteiger partial charge in [0.25, 0.3) is 0 Å². The first-order valence-electron chi connectivity index (χ1n) is 5.74. The molecule has 2 aromatic rings. The van der Waals surface area contributed by atoms with Crippen LogP contribution in [0.2, 0.25) is 0 Å². The standard InChI is InChI=1S/C14H10Br2OS/c15-9-3-4-11(16)10(7-9)12-5-6-13(18-12)14(17)8-1-2-8/h3-8H,1-2H2. The van der Waals surface area contributed by atoms with Gasteiger partial charge in [-0.2, -0.15) is 0 Å². The molecule has 0 N–H and O–H groups in total. The van der Waals surface area contributed by atoms with Gasteiger partial charge in [-0.1, -0.05) is 31.9 Å². The van der Waals surface area contributed by atoms with Crippen LogP contribution in [0.3, 0.4) is 0 Å². The van der Waals surface area contributed by atoms with Gasteiger partial charge in [0.05, 0.1) is 4.88 Å². The Morgan fingerprint density at radius 2 is 1.94 bits per heavy atom. The van der Waals surface area contributed by atoms with Crippen LogP contribution in [0, 0.1) is 5.92 Å². The predicted octanol–water partition coefficient (Wildman–Crippen LogP) is 5.53. The normalized spacial score (nSPS) is 14.8. The van der Waals surface area contributed by atoms with E-state index >= 15 is 0 Å². The van der Waals surface area contributed by atoms with Gasteiger partial charge in [0.1, 0.15) is 0 Å². The first-order chi connectivity index (χ1) is 8.65. The second-order valence-electron chi connectivity index (χ2n) is 4.43. The van der Waals surface area contributed by atoms with Gasteiger partial charge in [-0.3, -0.25) is 4.79 Å². The summed E-state index contributed by atoms with van der Waals surface area (Å²) in [5.41, 5.74) is 1.13. The maximum absolute atomic E-state index is 12.0. The molecule has 4 heteroatoms. The highest BCUT2D eigenvalue weighted by atomic mass is 79.9. The van der Waals surface area contributed by atoms with Gasteiger partial charge in [-0.25, -0.2) is 0 Å². The van der Waals surface area contributed by atoms with Crippen molar-refractivity contribution in [3.8, 4) is 10.4 Å². The Kier molecular flexibility index (Phi) is 3.43. The molecule has 0 radical (unpaired) electrons. The molecule has 92 valence electrons. The number of hydrogen-bond acceptors (Lipinski definition) is 2. The predicted molar refractivity (Wildman–Crippen MR) is 82.2 cm³/mol. The van der Waals surface area contributed by atoms with Crippen LogP contribution in [-0.2, 0) is 0 Å². The molecule has 0 atom stereocenters. The Labute approximate surface area is 126 Å². The molecule has 1 aromatic heterocycles. The van der Waals surface area contributed by atoms with Crippen molar-refractivity contribution < 1.29 is 4.79 Å². The molecule has 0 aliphatic heterocycles. The number of Topliss-reactive ketones (excluding diaryl/α,β-unsaturated/α-hetero) is 1. The molecular formula is C14H10Br2OS. The topological polar surface area (TPSA) is 17.1 Å². The quantitative estimate of drug-likeness (QED) is 0.634. The minimum atomic E-state index is 0.294. The Bertz CT molecular complexity index is 614. The van der Waals surface area contributed by atoms with Gasteiger partial charge in [0.2, 0.25) is 0 Å². The van der Waals surface area contributed by atoms with Crippen molar-refractivity contribution in [2.75, 3.05) is 0 Å². The molecule has 0 spiro atoms. The summed E-state index contributed by atoms with van der Waals surface area (Å²) in [6.07, 6.45) is 2.12. The van der Waals surface area contributed by atoms with E-state index in [4.69, 9.17) is 0 Å². The molecule has 1 nitrogen and oxygen atoms in total. The summed E-state index contributed by atoms with van der Waals surface area (Å²) in [4.78, 5) is 14.0. The number of rotatable bonds is 3. The molecule has 0 saturated heterocycles. The Morgan fingerprint density at radius 3 is 2.67 bits per heavy atom. The highest BCUT2D eigenvalue weighted by Crippen LogP contribution is 2.39. The molecule has 1 aliphatic rings. The minimum Gasteiger partial charge on any atom is -0.293 e. The van der Waals surface area contributed by atoms with Gasteiger partial charge in [0, 0.05) is 25.3 Å². The lowest BCUT2D eigenvalue weighted by molar-refractivity contribution is 0.0971. The van der Waals surface area contributed by atoms with Crippen LogP contribution in [0.5, 0.6) is 0 Å². The number of carbonyl (C=O) groups excluding carboxylic acids is 1. The number of carbonyl (C=O) groups is 1. The van der Waals surface area contributed by atoms with Crippen molar-refractivity contribution in [3.63, 3.8) is 0 Å². The van der Waals surface area contributed by atoms with E-state index in [0.717, 1.165) is 37.1 Å². The molecule has 18 heavy (non-hydrogen) atoms. The zero-order valence-corrected chi connectivity index (χ0v) is 13.4. The van der Waals surface area contributed by atoms with Gasteiger partial charge in [0.15, 0.2) is 5.78 Å². The van der Waals surface area contributed by atoms with Crippen LogP contribution < -0.4 is 0 Å². The first-order valence-corrected chi connectivity index (χ1v) is 8.15. The van der Waals surface area contributed by atoms with E-state index < -0.39 is 0 Å². The van der Waals surface area contributed by atoms with Crippen molar-refractivity contribution >= 4 is 49.0 Å². The van der Waals surface area contributed by atoms with E-state index in [1.165, 1.54) is 0 Å². The van der Waals surface area contributed by atoms with E-state index in [2.05, 4.69) is 37.9 Å². The maximum Gasteiger partial charge on any atom is 0.175 e. The van der Waals surface area contributed by atoms with Crippen LogP contribution in [0.15, 0.2) is 39.3 Å². The summed E-state index contributed by atoms with van der Waals surface area (Å²) in [6, 6.07) is 10.1. The number of hydrogen-bond donors (Lipinski definition) is 0. The summed E-state index contributed by atoms with van der Waals surface area (Å²) >= 11 is 8.62. The molecule has 3 rings (SSSR count). The van der Waals surface area contributed by atoms with Gasteiger partial charge in [-0.05, 0) is 43.2 Å². The average Bonchev–Trinajstić information content (AvgIpc) is 3.09. The first kappa shape index (κ1) is 12.6. The lowest BCUT2D eigenvalue weighted by Crippen LogP contribution is -1.96. The van der Waals surface area contributed by atoms with E-state index in [1.54, 1.807) is 11.3 Å². The summed E-state index contributed by atoms with van der Waals surface area (Å²) in [5, 5.41) is 0. The van der Waals surface area contributed by atoms with E-state index in [-0.39, 0.29) is 0 Å². The fourth-order valence-electron chi connectivity index (χ4n) is 1.85. The molecule has 1 aromatic carbocycles. The average molecular weight is 386 g/mol. The van der Waals surface area contributed by atoms with Crippen LogP contribution in [0.4, 0.5) is 0 Å². The van der Waals surface area contributed by atoms with Crippen LogP contribution in [-0.4, -0.2) is 5.78 Å². The number of thiophene rings is 1. The van der Waals surface area contributed by atoms with Crippen molar-refractivity contribution in [1.82, 2.24) is 0 Å². The van der Waals surface area contributed by atoms with Crippen molar-refractivity contribution in [2.24, 2.45) is 5.92 Å². The zero-order chi connectivity index (χ0) is 12.7. The van der Waals surface area contributed by atoms with Crippen molar-refractivity contribution in [2.45, 2.75) is 12.8 Å². The van der Waals surface area contributed by atoms with Gasteiger partial charge >= 0.3 is 0 Å². The van der Waals surface area contributed by atoms with Crippen molar-refractivity contribution in [1.29, 1.82) is 0 Å². The van der Waals surface area contributed by atoms with E-state index in [9.17, 15) is 4.79 Å². The minimum absolute atomic E-state index is 0.294. The third kappa shape index (κ3) is 2.46. The molecule has 1 fully saturated rings. The monoisotopic (exact) mass is 384 g/mol. The van der Waals surface area contributed by atoms with Crippen molar-refractivity contribution in [3.05, 3.63) is 44.2 Å². The lowest BCUT2D eigenvalue weighted by Gasteiger charge is -2.02. The van der Waals surface area contributed by atoms with Gasteiger partial charge in [-0.15, -0.1) is 11.3 Å². The molecule has 0 amide bonds. The Balaban J connectivity index is 1.97. The summed E-state index contributed by atoms with van der Waals surface area (Å²) in [7, 11) is 0. The second-order valence-corrected chi connectivity index (χ2v) is 7.28. The fraction of sp³-hybridized carbons (Fsp3) is 0.214. The molecule has 1 aliphatic carbocycles. The summed E-state index contributed by atoms with van der Waals surface area (Å²) in [6.45, 7) is 0. The molecule has 0 unspecified atom stereocenters. The third-order valence-electron chi connectivity index (χ3n) is 2.99. The summed E-state index contributed by atoms with van der Waals surface area (Å²) < 4.78 is 2.10. The third-order valence-corrected chi connectivity index (χ3v) is 5.31. The Morgan fingerprint density at radius 1 is 1.17 bits per heavy atom. The van der Waals surface area contributed by atoms with Crippen LogP contribution >= 0.6 is 43.2 Å². The Hall–Kier alpha value is -0.450. The zero-order valence-electron chi connectivity index (χ0n) is 9.45. The lowest BCUT2D eigenvalue weighted by atomic mass is 10.2. The summed E-state index contributed by atoms with van der Waals surface area (Å²) in [5.74, 6) is 0.611. The van der Waals surface area contributed by atoms with Gasteiger partial charge < -0.3 is 0 Å². The van der Waals surface area contributed by atoms with Crippen LogP contribution in [0.1, 0.15) is 22.5 Å². The van der Waals surface area contributed by atoms with Crippen LogP contribution in [0.25, 0.3) is 10.4 Å².